The van der Waals surface area contributed by atoms with Crippen LogP contribution < -0.4 is 5.73 Å². The Bertz CT molecular complexity index is 501. The maximum absolute atomic E-state index is 5.93. The van der Waals surface area contributed by atoms with Gasteiger partial charge in [-0.1, -0.05) is 15.9 Å². The molecule has 1 heterocycles. The molecule has 1 aliphatic rings. The molecule has 3 heteroatoms. The van der Waals surface area contributed by atoms with E-state index < -0.39 is 0 Å². The van der Waals surface area contributed by atoms with Crippen molar-refractivity contribution in [2.24, 2.45) is 5.73 Å². The standard InChI is InChI=1S/C11H11BrN2/c12-6-1-2-10-8(3-6)9-4-7(13)5-11(9)14-10/h1-3,7,14H,4-5,13H2. The van der Waals surface area contributed by atoms with Gasteiger partial charge in [0.2, 0.25) is 0 Å². The second-order valence-corrected chi connectivity index (χ2v) is 4.86. The highest BCUT2D eigenvalue weighted by Gasteiger charge is 2.22. The first-order valence-electron chi connectivity index (χ1n) is 4.78. The largest absolute Gasteiger partial charge is 0.358 e. The molecular formula is C11H11BrN2. The lowest BCUT2D eigenvalue weighted by Crippen LogP contribution is -2.19. The summed E-state index contributed by atoms with van der Waals surface area (Å²) < 4.78 is 1.13. The van der Waals surface area contributed by atoms with Gasteiger partial charge in [0, 0.05) is 33.5 Å². The molecule has 0 saturated heterocycles. The summed E-state index contributed by atoms with van der Waals surface area (Å²) in [5.41, 5.74) is 9.89. The number of rotatable bonds is 0. The highest BCUT2D eigenvalue weighted by Crippen LogP contribution is 2.31. The van der Waals surface area contributed by atoms with E-state index in [9.17, 15) is 0 Å². The fourth-order valence-electron chi connectivity index (χ4n) is 2.28. The highest BCUT2D eigenvalue weighted by molar-refractivity contribution is 9.10. The molecule has 1 aromatic carbocycles. The van der Waals surface area contributed by atoms with Gasteiger partial charge in [0.1, 0.15) is 0 Å². The van der Waals surface area contributed by atoms with Crippen molar-refractivity contribution in [3.8, 4) is 0 Å². The summed E-state index contributed by atoms with van der Waals surface area (Å²) in [6.07, 6.45) is 1.99. The lowest BCUT2D eigenvalue weighted by molar-refractivity contribution is 0.716. The predicted octanol–water partition coefficient (Wildman–Crippen LogP) is 2.36. The monoisotopic (exact) mass is 250 g/mol. The van der Waals surface area contributed by atoms with Gasteiger partial charge in [-0.05, 0) is 30.2 Å². The number of H-pyrrole nitrogens is 1. The van der Waals surface area contributed by atoms with E-state index >= 15 is 0 Å². The van der Waals surface area contributed by atoms with Crippen LogP contribution in [0.25, 0.3) is 10.9 Å². The number of nitrogens with one attached hydrogen (secondary N) is 1. The molecule has 1 unspecified atom stereocenters. The van der Waals surface area contributed by atoms with Crippen molar-refractivity contribution < 1.29 is 0 Å². The summed E-state index contributed by atoms with van der Waals surface area (Å²) in [5, 5.41) is 1.32. The molecule has 3 N–H and O–H groups in total. The lowest BCUT2D eigenvalue weighted by atomic mass is 10.1. The Morgan fingerprint density at radius 2 is 2.21 bits per heavy atom. The second-order valence-electron chi connectivity index (χ2n) is 3.94. The minimum atomic E-state index is 0.305. The van der Waals surface area contributed by atoms with Crippen molar-refractivity contribution in [2.45, 2.75) is 18.9 Å². The second kappa shape index (κ2) is 2.84. The zero-order valence-electron chi connectivity index (χ0n) is 7.68. The Morgan fingerprint density at radius 3 is 3.07 bits per heavy atom. The average Bonchev–Trinajstić information content (AvgIpc) is 2.62. The molecule has 1 aromatic heterocycles. The molecule has 0 amide bonds. The average molecular weight is 251 g/mol. The van der Waals surface area contributed by atoms with Crippen LogP contribution in [0.4, 0.5) is 0 Å². The quantitative estimate of drug-likeness (QED) is 0.741. The number of halogens is 1. The molecule has 0 radical (unpaired) electrons. The molecule has 0 saturated carbocycles. The van der Waals surface area contributed by atoms with Crippen LogP contribution in [-0.4, -0.2) is 11.0 Å². The normalized spacial score (nSPS) is 20.3. The zero-order valence-corrected chi connectivity index (χ0v) is 9.26. The summed E-state index contributed by atoms with van der Waals surface area (Å²) in [7, 11) is 0. The minimum Gasteiger partial charge on any atom is -0.358 e. The van der Waals surface area contributed by atoms with Crippen LogP contribution in [0.3, 0.4) is 0 Å². The van der Waals surface area contributed by atoms with Gasteiger partial charge in [-0.3, -0.25) is 0 Å². The van der Waals surface area contributed by atoms with Crippen LogP contribution in [0.5, 0.6) is 0 Å². The van der Waals surface area contributed by atoms with Crippen LogP contribution in [0.1, 0.15) is 11.3 Å². The van der Waals surface area contributed by atoms with Crippen molar-refractivity contribution in [3.63, 3.8) is 0 Å². The Morgan fingerprint density at radius 1 is 1.36 bits per heavy atom. The van der Waals surface area contributed by atoms with Crippen LogP contribution in [-0.2, 0) is 12.8 Å². The van der Waals surface area contributed by atoms with Gasteiger partial charge in [0.15, 0.2) is 0 Å². The highest BCUT2D eigenvalue weighted by atomic mass is 79.9. The van der Waals surface area contributed by atoms with E-state index in [2.05, 4.69) is 39.1 Å². The predicted molar refractivity (Wildman–Crippen MR) is 61.4 cm³/mol. The van der Waals surface area contributed by atoms with E-state index in [4.69, 9.17) is 5.73 Å². The maximum Gasteiger partial charge on any atom is 0.0459 e. The Balaban J connectivity index is 2.30. The zero-order chi connectivity index (χ0) is 9.71. The number of hydrogen-bond donors (Lipinski definition) is 2. The van der Waals surface area contributed by atoms with Crippen LogP contribution in [0.15, 0.2) is 22.7 Å². The Hall–Kier alpha value is -0.800. The van der Waals surface area contributed by atoms with E-state index in [0.29, 0.717) is 6.04 Å². The molecule has 0 aliphatic heterocycles. The molecule has 1 atom stereocenters. The number of benzene rings is 1. The fourth-order valence-corrected chi connectivity index (χ4v) is 2.64. The molecule has 14 heavy (non-hydrogen) atoms. The topological polar surface area (TPSA) is 41.8 Å². The summed E-state index contributed by atoms with van der Waals surface area (Å²) in [6, 6.07) is 6.65. The van der Waals surface area contributed by atoms with Crippen LogP contribution >= 0.6 is 15.9 Å². The van der Waals surface area contributed by atoms with E-state index in [-0.39, 0.29) is 0 Å². The molecule has 0 bridgehead atoms. The van der Waals surface area contributed by atoms with Crippen molar-refractivity contribution in [1.82, 2.24) is 4.98 Å². The summed E-state index contributed by atoms with van der Waals surface area (Å²) in [4.78, 5) is 3.43. The van der Waals surface area contributed by atoms with Crippen LogP contribution in [0.2, 0.25) is 0 Å². The number of aromatic nitrogens is 1. The Labute approximate surface area is 90.6 Å². The number of aromatic amines is 1. The van der Waals surface area contributed by atoms with Crippen molar-refractivity contribution in [1.29, 1.82) is 0 Å². The first kappa shape index (κ1) is 8.50. The van der Waals surface area contributed by atoms with Crippen LogP contribution in [0, 0.1) is 0 Å². The molecule has 0 spiro atoms. The Kier molecular flexibility index (Phi) is 1.73. The van der Waals surface area contributed by atoms with Crippen molar-refractivity contribution in [3.05, 3.63) is 33.9 Å². The summed E-state index contributed by atoms with van der Waals surface area (Å²) in [6.45, 7) is 0. The first-order chi connectivity index (χ1) is 6.74. The third-order valence-corrected chi connectivity index (χ3v) is 3.38. The van der Waals surface area contributed by atoms with E-state index in [1.54, 1.807) is 0 Å². The van der Waals surface area contributed by atoms with Gasteiger partial charge in [0.05, 0.1) is 0 Å². The molecule has 3 rings (SSSR count). The first-order valence-corrected chi connectivity index (χ1v) is 5.58. The fraction of sp³-hybridized carbons (Fsp3) is 0.273. The molecule has 2 aromatic rings. The maximum atomic E-state index is 5.93. The number of hydrogen-bond acceptors (Lipinski definition) is 1. The van der Waals surface area contributed by atoms with Gasteiger partial charge in [-0.15, -0.1) is 0 Å². The SMILES string of the molecule is NC1Cc2[nH]c3ccc(Br)cc3c2C1. The van der Waals surface area contributed by atoms with Crippen molar-refractivity contribution >= 4 is 26.8 Å². The van der Waals surface area contributed by atoms with Crippen molar-refractivity contribution in [2.75, 3.05) is 0 Å². The van der Waals surface area contributed by atoms with E-state index in [1.807, 2.05) is 0 Å². The molecule has 2 nitrogen and oxygen atoms in total. The third kappa shape index (κ3) is 1.12. The molecule has 72 valence electrons. The summed E-state index contributed by atoms with van der Waals surface area (Å²) >= 11 is 3.50. The van der Waals surface area contributed by atoms with Gasteiger partial charge in [-0.25, -0.2) is 0 Å². The van der Waals surface area contributed by atoms with Gasteiger partial charge in [-0.2, -0.15) is 0 Å². The van der Waals surface area contributed by atoms with E-state index in [0.717, 1.165) is 17.3 Å². The molecule has 1 aliphatic carbocycles. The van der Waals surface area contributed by atoms with E-state index in [1.165, 1.54) is 22.2 Å². The number of nitrogens with two attached hydrogens (primary N) is 1. The minimum absolute atomic E-state index is 0.305. The number of fused-ring (bicyclic) bond motifs is 3. The van der Waals surface area contributed by atoms with Gasteiger partial charge in [0.25, 0.3) is 0 Å². The third-order valence-electron chi connectivity index (χ3n) is 2.89. The van der Waals surface area contributed by atoms with Gasteiger partial charge < -0.3 is 10.7 Å². The molecule has 0 fully saturated rings. The smallest absolute Gasteiger partial charge is 0.0459 e. The summed E-state index contributed by atoms with van der Waals surface area (Å²) in [5.74, 6) is 0. The lowest BCUT2D eigenvalue weighted by Gasteiger charge is -2.00. The van der Waals surface area contributed by atoms with Gasteiger partial charge >= 0.3 is 0 Å². The molecular weight excluding hydrogens is 240 g/mol.